The van der Waals surface area contributed by atoms with Crippen LogP contribution < -0.4 is 14.8 Å². The molecule has 0 saturated carbocycles. The van der Waals surface area contributed by atoms with E-state index in [0.29, 0.717) is 22.0 Å². The molecule has 0 bridgehead atoms. The first-order chi connectivity index (χ1) is 11.7. The van der Waals surface area contributed by atoms with Crippen molar-refractivity contribution in [3.8, 4) is 5.75 Å². The smallest absolute Gasteiger partial charge is 0.255 e. The molecule has 2 rings (SSSR count). The second kappa shape index (κ2) is 7.76. The molecule has 6 nitrogen and oxygen atoms in total. The molecule has 1 unspecified atom stereocenters. The standard InChI is InChI=1S/C17H19ClN2O4S/c1-11(12-5-4-6-14(9-12)20-25(3,22)23)19-17(21)15-10-13(18)7-8-16(15)24-2/h4-11,20H,1-3H3,(H,19,21). The van der Waals surface area contributed by atoms with Gasteiger partial charge in [-0.2, -0.15) is 0 Å². The first kappa shape index (κ1) is 19.1. The van der Waals surface area contributed by atoms with Gasteiger partial charge in [0, 0.05) is 10.7 Å². The van der Waals surface area contributed by atoms with Crippen molar-refractivity contribution in [1.29, 1.82) is 0 Å². The number of carbonyl (C=O) groups excluding carboxylic acids is 1. The summed E-state index contributed by atoms with van der Waals surface area (Å²) in [5.74, 6) is 0.0786. The van der Waals surface area contributed by atoms with Crippen molar-refractivity contribution in [3.63, 3.8) is 0 Å². The van der Waals surface area contributed by atoms with Crippen molar-refractivity contribution >= 4 is 33.2 Å². The van der Waals surface area contributed by atoms with Gasteiger partial charge in [-0.1, -0.05) is 23.7 Å². The number of carbonyl (C=O) groups is 1. The Morgan fingerprint density at radius 2 is 1.92 bits per heavy atom. The summed E-state index contributed by atoms with van der Waals surface area (Å²) < 4.78 is 30.3. The van der Waals surface area contributed by atoms with Crippen LogP contribution in [0.15, 0.2) is 42.5 Å². The number of ether oxygens (including phenoxy) is 1. The summed E-state index contributed by atoms with van der Waals surface area (Å²) in [6, 6.07) is 11.3. The average molecular weight is 383 g/mol. The molecular formula is C17H19ClN2O4S. The van der Waals surface area contributed by atoms with Crippen LogP contribution in [-0.2, 0) is 10.0 Å². The molecule has 2 aromatic carbocycles. The van der Waals surface area contributed by atoms with Gasteiger partial charge in [-0.15, -0.1) is 0 Å². The third-order valence-corrected chi connectivity index (χ3v) is 4.29. The topological polar surface area (TPSA) is 84.5 Å². The number of methoxy groups -OCH3 is 1. The van der Waals surface area contributed by atoms with Gasteiger partial charge in [0.2, 0.25) is 10.0 Å². The number of benzene rings is 2. The van der Waals surface area contributed by atoms with Crippen LogP contribution in [-0.4, -0.2) is 27.7 Å². The molecule has 1 amide bonds. The molecule has 0 radical (unpaired) electrons. The predicted molar refractivity (Wildman–Crippen MR) is 98.8 cm³/mol. The zero-order chi connectivity index (χ0) is 18.6. The van der Waals surface area contributed by atoms with E-state index in [1.54, 1.807) is 43.3 Å². The maximum Gasteiger partial charge on any atom is 0.255 e. The number of hydrogen-bond acceptors (Lipinski definition) is 4. The van der Waals surface area contributed by atoms with E-state index in [-0.39, 0.29) is 11.9 Å². The number of nitrogens with one attached hydrogen (secondary N) is 2. The molecule has 0 aliphatic heterocycles. The highest BCUT2D eigenvalue weighted by molar-refractivity contribution is 7.92. The summed E-state index contributed by atoms with van der Waals surface area (Å²) in [5.41, 5.74) is 1.51. The lowest BCUT2D eigenvalue weighted by Crippen LogP contribution is -2.27. The minimum Gasteiger partial charge on any atom is -0.496 e. The molecule has 0 aromatic heterocycles. The van der Waals surface area contributed by atoms with Gasteiger partial charge < -0.3 is 10.1 Å². The number of halogens is 1. The maximum absolute atomic E-state index is 12.5. The van der Waals surface area contributed by atoms with Gasteiger partial charge in [0.15, 0.2) is 0 Å². The highest BCUT2D eigenvalue weighted by Gasteiger charge is 2.16. The Morgan fingerprint density at radius 1 is 1.20 bits per heavy atom. The Morgan fingerprint density at radius 3 is 2.56 bits per heavy atom. The van der Waals surface area contributed by atoms with Gasteiger partial charge in [-0.05, 0) is 42.8 Å². The van der Waals surface area contributed by atoms with E-state index in [2.05, 4.69) is 10.0 Å². The number of anilines is 1. The quantitative estimate of drug-likeness (QED) is 0.803. The Kier molecular flexibility index (Phi) is 5.92. The van der Waals surface area contributed by atoms with Crippen LogP contribution in [0.5, 0.6) is 5.75 Å². The number of rotatable bonds is 6. The summed E-state index contributed by atoms with van der Waals surface area (Å²) in [6.45, 7) is 1.80. The zero-order valence-corrected chi connectivity index (χ0v) is 15.6. The third kappa shape index (κ3) is 5.37. The lowest BCUT2D eigenvalue weighted by atomic mass is 10.1. The fraction of sp³-hybridized carbons (Fsp3) is 0.235. The van der Waals surface area contributed by atoms with E-state index in [1.165, 1.54) is 13.2 Å². The largest absolute Gasteiger partial charge is 0.496 e. The first-order valence-corrected chi connectivity index (χ1v) is 9.68. The van der Waals surface area contributed by atoms with Crippen LogP contribution in [0.4, 0.5) is 5.69 Å². The molecule has 2 aromatic rings. The Labute approximate surface area is 152 Å². The SMILES string of the molecule is COc1ccc(Cl)cc1C(=O)NC(C)c1cccc(NS(C)(=O)=O)c1. The van der Waals surface area contributed by atoms with Crippen molar-refractivity contribution in [3.05, 3.63) is 58.6 Å². The van der Waals surface area contributed by atoms with Gasteiger partial charge in [0.25, 0.3) is 5.91 Å². The molecule has 8 heteroatoms. The lowest BCUT2D eigenvalue weighted by Gasteiger charge is -2.17. The van der Waals surface area contributed by atoms with E-state index < -0.39 is 10.0 Å². The zero-order valence-electron chi connectivity index (χ0n) is 14.0. The molecule has 0 saturated heterocycles. The predicted octanol–water partition coefficient (Wildman–Crippen LogP) is 3.21. The van der Waals surface area contributed by atoms with Crippen LogP contribution in [0.1, 0.15) is 28.9 Å². The van der Waals surface area contributed by atoms with Crippen molar-refractivity contribution in [1.82, 2.24) is 5.32 Å². The van der Waals surface area contributed by atoms with E-state index >= 15 is 0 Å². The number of sulfonamides is 1. The Bertz CT molecular complexity index is 884. The minimum atomic E-state index is -3.37. The van der Waals surface area contributed by atoms with Gasteiger partial charge in [-0.3, -0.25) is 9.52 Å². The van der Waals surface area contributed by atoms with E-state index in [4.69, 9.17) is 16.3 Å². The van der Waals surface area contributed by atoms with Crippen molar-refractivity contribution in [2.45, 2.75) is 13.0 Å². The van der Waals surface area contributed by atoms with Crippen LogP contribution in [0.3, 0.4) is 0 Å². The molecule has 1 atom stereocenters. The van der Waals surface area contributed by atoms with Crippen LogP contribution in [0.2, 0.25) is 5.02 Å². The summed E-state index contributed by atoms with van der Waals surface area (Å²) in [7, 11) is -1.89. The summed E-state index contributed by atoms with van der Waals surface area (Å²) >= 11 is 5.95. The van der Waals surface area contributed by atoms with Crippen molar-refractivity contribution in [2.24, 2.45) is 0 Å². The summed E-state index contributed by atoms with van der Waals surface area (Å²) in [5, 5.41) is 3.28. The van der Waals surface area contributed by atoms with Crippen LogP contribution in [0, 0.1) is 0 Å². The van der Waals surface area contributed by atoms with Gasteiger partial charge in [0.1, 0.15) is 5.75 Å². The molecular weight excluding hydrogens is 364 g/mol. The minimum absolute atomic E-state index is 0.326. The monoisotopic (exact) mass is 382 g/mol. The lowest BCUT2D eigenvalue weighted by molar-refractivity contribution is 0.0937. The highest BCUT2D eigenvalue weighted by Crippen LogP contribution is 2.24. The molecule has 2 N–H and O–H groups in total. The normalized spacial score (nSPS) is 12.3. The second-order valence-electron chi connectivity index (χ2n) is 5.54. The van der Waals surface area contributed by atoms with E-state index in [1.807, 2.05) is 0 Å². The van der Waals surface area contributed by atoms with Crippen LogP contribution in [0.25, 0.3) is 0 Å². The van der Waals surface area contributed by atoms with Gasteiger partial charge >= 0.3 is 0 Å². The van der Waals surface area contributed by atoms with Crippen molar-refractivity contribution < 1.29 is 17.9 Å². The highest BCUT2D eigenvalue weighted by atomic mass is 35.5. The third-order valence-electron chi connectivity index (χ3n) is 3.44. The number of amides is 1. The van der Waals surface area contributed by atoms with Crippen molar-refractivity contribution in [2.75, 3.05) is 18.1 Å². The number of hydrogen-bond donors (Lipinski definition) is 2. The Hall–Kier alpha value is -2.25. The molecule has 0 spiro atoms. The fourth-order valence-electron chi connectivity index (χ4n) is 2.30. The molecule has 0 heterocycles. The summed E-state index contributed by atoms with van der Waals surface area (Å²) in [4.78, 5) is 12.5. The van der Waals surface area contributed by atoms with E-state index in [0.717, 1.165) is 11.8 Å². The van der Waals surface area contributed by atoms with E-state index in [9.17, 15) is 13.2 Å². The van der Waals surface area contributed by atoms with Gasteiger partial charge in [-0.25, -0.2) is 8.42 Å². The second-order valence-corrected chi connectivity index (χ2v) is 7.72. The molecule has 0 aliphatic carbocycles. The first-order valence-electron chi connectivity index (χ1n) is 7.42. The maximum atomic E-state index is 12.5. The Balaban J connectivity index is 2.19. The molecule has 0 aliphatic rings. The average Bonchev–Trinajstić information content (AvgIpc) is 2.53. The van der Waals surface area contributed by atoms with Crippen LogP contribution >= 0.6 is 11.6 Å². The summed E-state index contributed by atoms with van der Waals surface area (Å²) in [6.07, 6.45) is 1.08. The molecule has 0 fully saturated rings. The fourth-order valence-corrected chi connectivity index (χ4v) is 3.03. The molecule has 25 heavy (non-hydrogen) atoms. The molecule has 134 valence electrons. The van der Waals surface area contributed by atoms with Gasteiger partial charge in [0.05, 0.1) is 25.0 Å².